The van der Waals surface area contributed by atoms with Crippen LogP contribution in [0.4, 0.5) is 5.69 Å². The highest BCUT2D eigenvalue weighted by Gasteiger charge is 2.19. The van der Waals surface area contributed by atoms with E-state index in [1.54, 1.807) is 12.1 Å². The summed E-state index contributed by atoms with van der Waals surface area (Å²) in [5.74, 6) is -0.219. The van der Waals surface area contributed by atoms with Crippen molar-refractivity contribution < 1.29 is 9.90 Å². The van der Waals surface area contributed by atoms with Crippen LogP contribution in [-0.4, -0.2) is 61.8 Å². The van der Waals surface area contributed by atoms with Gasteiger partial charge in [-0.2, -0.15) is 0 Å². The van der Waals surface area contributed by atoms with Crippen LogP contribution in [0.2, 0.25) is 10.0 Å². The van der Waals surface area contributed by atoms with Crippen molar-refractivity contribution in [2.75, 3.05) is 50.8 Å². The number of carbonyl (C=O) groups is 1. The van der Waals surface area contributed by atoms with Gasteiger partial charge < -0.3 is 15.3 Å². The maximum absolute atomic E-state index is 12.0. The van der Waals surface area contributed by atoms with Crippen LogP contribution in [0, 0.1) is 6.92 Å². The Hall–Kier alpha value is -2.57. The Morgan fingerprint density at radius 3 is 2.20 bits per heavy atom. The average molecular weight is 514 g/mol. The summed E-state index contributed by atoms with van der Waals surface area (Å²) in [4.78, 5) is 16.8. The monoisotopic (exact) mass is 513 g/mol. The third-order valence-electron chi connectivity index (χ3n) is 5.89. The molecule has 0 unspecified atom stereocenters. The maximum Gasteiger partial charge on any atom is 0.251 e. The molecule has 3 aromatic carbocycles. The number of nitrogens with zero attached hydrogens (tertiary/aromatic N) is 2. The number of carbonyl (C=O) groups excluding carboxylic acids is 1. The fourth-order valence-corrected chi connectivity index (χ4v) is 4.29. The molecular weight excluding hydrogens is 481 g/mol. The van der Waals surface area contributed by atoms with Gasteiger partial charge in [-0.3, -0.25) is 9.69 Å². The molecule has 0 spiro atoms. The number of rotatable bonds is 7. The topological polar surface area (TPSA) is 55.8 Å². The van der Waals surface area contributed by atoms with E-state index in [0.717, 1.165) is 49.9 Å². The van der Waals surface area contributed by atoms with Gasteiger partial charge in [0.15, 0.2) is 0 Å². The smallest absolute Gasteiger partial charge is 0.251 e. The van der Waals surface area contributed by atoms with Gasteiger partial charge in [-0.25, -0.2) is 0 Å². The number of aliphatic hydroxyl groups excluding tert-OH is 1. The molecule has 35 heavy (non-hydrogen) atoms. The first-order chi connectivity index (χ1) is 17.0. The largest absolute Gasteiger partial charge is 0.395 e. The van der Waals surface area contributed by atoms with Crippen LogP contribution < -0.4 is 10.2 Å². The summed E-state index contributed by atoms with van der Waals surface area (Å²) in [7, 11) is 0. The molecule has 4 rings (SSSR count). The van der Waals surface area contributed by atoms with Crippen LogP contribution in [0.15, 0.2) is 72.8 Å². The number of hydrogen-bond donors (Lipinski definition) is 2. The molecule has 0 radical (unpaired) electrons. The van der Waals surface area contributed by atoms with Gasteiger partial charge in [-0.05, 0) is 49.2 Å². The fourth-order valence-electron chi connectivity index (χ4n) is 3.85. The van der Waals surface area contributed by atoms with E-state index in [-0.39, 0.29) is 19.1 Å². The summed E-state index contributed by atoms with van der Waals surface area (Å²) in [5.41, 5.74) is 4.16. The molecule has 0 aliphatic carbocycles. The van der Waals surface area contributed by atoms with Gasteiger partial charge in [0.25, 0.3) is 5.91 Å². The van der Waals surface area contributed by atoms with Crippen molar-refractivity contribution in [1.82, 2.24) is 10.2 Å². The van der Waals surface area contributed by atoms with E-state index in [4.69, 9.17) is 28.3 Å². The van der Waals surface area contributed by atoms with E-state index in [1.165, 1.54) is 11.1 Å². The van der Waals surface area contributed by atoms with Crippen molar-refractivity contribution in [2.45, 2.75) is 13.3 Å². The average Bonchev–Trinajstić information content (AvgIpc) is 2.88. The highest BCUT2D eigenvalue weighted by Crippen LogP contribution is 2.28. The highest BCUT2D eigenvalue weighted by atomic mass is 35.5. The summed E-state index contributed by atoms with van der Waals surface area (Å²) < 4.78 is 0. The molecule has 186 valence electrons. The Morgan fingerprint density at radius 2 is 1.63 bits per heavy atom. The zero-order valence-corrected chi connectivity index (χ0v) is 21.6. The summed E-state index contributed by atoms with van der Waals surface area (Å²) in [6.07, 6.45) is 1.07. The summed E-state index contributed by atoms with van der Waals surface area (Å²) in [5, 5.41) is 12.8. The quantitative estimate of drug-likeness (QED) is 0.462. The first-order valence-corrected chi connectivity index (χ1v) is 12.6. The Bertz CT molecular complexity index is 1050. The van der Waals surface area contributed by atoms with Crippen LogP contribution in [0.3, 0.4) is 0 Å². The number of piperazine rings is 1. The summed E-state index contributed by atoms with van der Waals surface area (Å²) in [6, 6.07) is 23.6. The van der Waals surface area contributed by atoms with Crippen molar-refractivity contribution in [3.05, 3.63) is 99.5 Å². The zero-order chi connectivity index (χ0) is 25.0. The summed E-state index contributed by atoms with van der Waals surface area (Å²) in [6.45, 7) is 7.18. The molecule has 1 fully saturated rings. The molecular formula is C28H33Cl2N3O2. The standard InChI is InChI=1S/C22H28ClN3O2.C6H5Cl/c1-17-2-4-18(5-3-17)8-10-25-11-13-26(14-12-25)21-7-6-19(16-20(21)23)22(28)24-9-15-27;7-6-4-2-1-3-5-6/h2-7,16,27H,8-15H2,1H3,(H,24,28);1-5H. The molecule has 7 heteroatoms. The Kier molecular flexibility index (Phi) is 10.9. The predicted octanol–water partition coefficient (Wildman–Crippen LogP) is 5.08. The Morgan fingerprint density at radius 1 is 0.943 bits per heavy atom. The predicted molar refractivity (Wildman–Crippen MR) is 146 cm³/mol. The molecule has 0 atom stereocenters. The van der Waals surface area contributed by atoms with Gasteiger partial charge in [0.1, 0.15) is 0 Å². The van der Waals surface area contributed by atoms with Crippen LogP contribution in [-0.2, 0) is 6.42 Å². The molecule has 0 saturated carbocycles. The lowest BCUT2D eigenvalue weighted by molar-refractivity contribution is 0.0945. The van der Waals surface area contributed by atoms with Gasteiger partial charge in [-0.15, -0.1) is 0 Å². The van der Waals surface area contributed by atoms with Crippen molar-refractivity contribution in [2.24, 2.45) is 0 Å². The number of nitrogens with one attached hydrogen (secondary N) is 1. The highest BCUT2D eigenvalue weighted by molar-refractivity contribution is 6.33. The van der Waals surface area contributed by atoms with E-state index < -0.39 is 0 Å². The van der Waals surface area contributed by atoms with E-state index in [1.807, 2.05) is 36.4 Å². The van der Waals surface area contributed by atoms with E-state index in [0.29, 0.717) is 10.6 Å². The van der Waals surface area contributed by atoms with Gasteiger partial charge in [-0.1, -0.05) is 71.2 Å². The number of amides is 1. The second-order valence-electron chi connectivity index (χ2n) is 8.51. The molecule has 1 amide bonds. The Labute approximate surface area is 218 Å². The molecule has 1 saturated heterocycles. The number of halogens is 2. The van der Waals surface area contributed by atoms with Crippen molar-refractivity contribution in [3.63, 3.8) is 0 Å². The van der Waals surface area contributed by atoms with Gasteiger partial charge >= 0.3 is 0 Å². The molecule has 1 aliphatic rings. The van der Waals surface area contributed by atoms with E-state index in [2.05, 4.69) is 46.3 Å². The molecule has 5 nitrogen and oxygen atoms in total. The third kappa shape index (κ3) is 8.86. The van der Waals surface area contributed by atoms with Crippen molar-refractivity contribution in [1.29, 1.82) is 0 Å². The number of aliphatic hydroxyl groups is 1. The molecule has 2 N–H and O–H groups in total. The first kappa shape index (κ1) is 27.0. The number of hydrogen-bond acceptors (Lipinski definition) is 4. The molecule has 1 aliphatic heterocycles. The second kappa shape index (κ2) is 14.1. The first-order valence-electron chi connectivity index (χ1n) is 11.9. The van der Waals surface area contributed by atoms with Crippen LogP contribution >= 0.6 is 23.2 Å². The Balaban J connectivity index is 0.000000420. The second-order valence-corrected chi connectivity index (χ2v) is 9.35. The lowest BCUT2D eigenvalue weighted by Crippen LogP contribution is -2.47. The minimum absolute atomic E-state index is 0.0776. The van der Waals surface area contributed by atoms with Crippen molar-refractivity contribution in [3.8, 4) is 0 Å². The van der Waals surface area contributed by atoms with Crippen LogP contribution in [0.1, 0.15) is 21.5 Å². The number of anilines is 1. The lowest BCUT2D eigenvalue weighted by atomic mass is 10.1. The maximum atomic E-state index is 12.0. The minimum Gasteiger partial charge on any atom is -0.395 e. The van der Waals surface area contributed by atoms with Gasteiger partial charge in [0, 0.05) is 49.9 Å². The molecule has 0 bridgehead atoms. The zero-order valence-electron chi connectivity index (χ0n) is 20.1. The van der Waals surface area contributed by atoms with Crippen LogP contribution in [0.25, 0.3) is 0 Å². The van der Waals surface area contributed by atoms with E-state index >= 15 is 0 Å². The van der Waals surface area contributed by atoms with Crippen molar-refractivity contribution >= 4 is 34.8 Å². The SMILES string of the molecule is Cc1ccc(CCN2CCN(c3ccc(C(=O)NCCO)cc3Cl)CC2)cc1.Clc1ccccc1. The molecule has 0 aromatic heterocycles. The number of aryl methyl sites for hydroxylation is 1. The normalized spacial score (nSPS) is 13.7. The molecule has 3 aromatic rings. The summed E-state index contributed by atoms with van der Waals surface area (Å²) >= 11 is 12.0. The minimum atomic E-state index is -0.219. The fraction of sp³-hybridized carbons (Fsp3) is 0.321. The number of benzene rings is 3. The van der Waals surface area contributed by atoms with Gasteiger partial charge in [0.2, 0.25) is 0 Å². The lowest BCUT2D eigenvalue weighted by Gasteiger charge is -2.36. The van der Waals surface area contributed by atoms with Gasteiger partial charge in [0.05, 0.1) is 17.3 Å². The third-order valence-corrected chi connectivity index (χ3v) is 6.45. The molecule has 1 heterocycles. The van der Waals surface area contributed by atoms with E-state index in [9.17, 15) is 4.79 Å². The van der Waals surface area contributed by atoms with Crippen LogP contribution in [0.5, 0.6) is 0 Å².